The minimum atomic E-state index is -5.61. The molecule has 0 atom stereocenters. The van der Waals surface area contributed by atoms with E-state index in [4.69, 9.17) is 4.74 Å². The van der Waals surface area contributed by atoms with Crippen LogP contribution in [0, 0.1) is 0 Å². The van der Waals surface area contributed by atoms with Crippen molar-refractivity contribution >= 4 is 0 Å². The van der Waals surface area contributed by atoms with Crippen molar-refractivity contribution in [2.24, 2.45) is 0 Å². The minimum absolute atomic E-state index is 0.0126. The number of ether oxygens (including phenoxy) is 1. The van der Waals surface area contributed by atoms with Crippen molar-refractivity contribution in [1.29, 1.82) is 0 Å². The van der Waals surface area contributed by atoms with Crippen LogP contribution >= 0.6 is 0 Å². The van der Waals surface area contributed by atoms with Crippen molar-refractivity contribution in [1.82, 2.24) is 0 Å². The number of alkyl halides is 5. The second kappa shape index (κ2) is 4.50. The van der Waals surface area contributed by atoms with Gasteiger partial charge in [-0.05, 0) is 26.0 Å². The van der Waals surface area contributed by atoms with Crippen LogP contribution in [0.1, 0.15) is 19.4 Å². The molecule has 0 saturated heterocycles. The van der Waals surface area contributed by atoms with Gasteiger partial charge in [-0.3, -0.25) is 0 Å². The number of benzene rings is 1. The first-order valence-corrected chi connectivity index (χ1v) is 4.86. The first kappa shape index (κ1) is 13.7. The number of hydrogen-bond acceptors (Lipinski definition) is 1. The van der Waals surface area contributed by atoms with Crippen molar-refractivity contribution in [2.75, 3.05) is 0 Å². The molecule has 1 aromatic carbocycles. The fraction of sp³-hybridized carbons (Fsp3) is 0.455. The normalized spacial score (nSPS) is 12.9. The smallest absolute Gasteiger partial charge is 0.458 e. The highest BCUT2D eigenvalue weighted by Crippen LogP contribution is 2.44. The molecule has 0 fully saturated rings. The van der Waals surface area contributed by atoms with Crippen LogP contribution in [0.4, 0.5) is 22.0 Å². The standard InChI is InChI=1S/C11H11F5O/c1-7(2)17-9-5-3-4-8(6-9)10(12,13)11(14,15)16/h3-7H,1-2H3. The van der Waals surface area contributed by atoms with Gasteiger partial charge in [-0.25, -0.2) is 0 Å². The van der Waals surface area contributed by atoms with Crippen LogP contribution in [-0.2, 0) is 5.92 Å². The van der Waals surface area contributed by atoms with E-state index >= 15 is 0 Å². The van der Waals surface area contributed by atoms with Crippen molar-refractivity contribution in [3.63, 3.8) is 0 Å². The summed E-state index contributed by atoms with van der Waals surface area (Å²) in [5.74, 6) is -4.88. The second-order valence-electron chi connectivity index (χ2n) is 3.77. The zero-order valence-corrected chi connectivity index (χ0v) is 9.18. The zero-order chi connectivity index (χ0) is 13.3. The SMILES string of the molecule is CC(C)Oc1cccc(C(F)(F)C(F)(F)F)c1. The topological polar surface area (TPSA) is 9.23 Å². The minimum Gasteiger partial charge on any atom is -0.491 e. The molecule has 0 N–H and O–H groups in total. The molecule has 0 amide bonds. The summed E-state index contributed by atoms with van der Waals surface area (Å²) in [4.78, 5) is 0. The third kappa shape index (κ3) is 3.08. The lowest BCUT2D eigenvalue weighted by Crippen LogP contribution is -2.33. The molecule has 1 rings (SSSR count). The van der Waals surface area contributed by atoms with E-state index in [0.29, 0.717) is 6.07 Å². The third-order valence-electron chi connectivity index (χ3n) is 1.92. The second-order valence-corrected chi connectivity index (χ2v) is 3.77. The molecule has 0 spiro atoms. The van der Waals surface area contributed by atoms with Gasteiger partial charge in [-0.2, -0.15) is 22.0 Å². The maximum atomic E-state index is 13.0. The van der Waals surface area contributed by atoms with E-state index in [2.05, 4.69) is 0 Å². The Morgan fingerprint density at radius 3 is 2.12 bits per heavy atom. The van der Waals surface area contributed by atoms with E-state index in [1.54, 1.807) is 13.8 Å². The summed E-state index contributed by atoms with van der Waals surface area (Å²) in [5.41, 5.74) is -1.12. The molecule has 0 aliphatic carbocycles. The maximum absolute atomic E-state index is 13.0. The predicted octanol–water partition coefficient (Wildman–Crippen LogP) is 4.13. The Bertz CT molecular complexity index is 384. The fourth-order valence-corrected chi connectivity index (χ4v) is 1.20. The summed E-state index contributed by atoms with van der Waals surface area (Å²) < 4.78 is 67.4. The lowest BCUT2D eigenvalue weighted by atomic mass is 10.1. The highest BCUT2D eigenvalue weighted by Gasteiger charge is 2.58. The van der Waals surface area contributed by atoms with Crippen molar-refractivity contribution in [2.45, 2.75) is 32.1 Å². The van der Waals surface area contributed by atoms with Gasteiger partial charge in [-0.15, -0.1) is 0 Å². The number of halogens is 5. The van der Waals surface area contributed by atoms with E-state index in [1.807, 2.05) is 0 Å². The van der Waals surface area contributed by atoms with Crippen molar-refractivity contribution in [3.8, 4) is 5.75 Å². The van der Waals surface area contributed by atoms with Crippen LogP contribution in [0.5, 0.6) is 5.75 Å². The van der Waals surface area contributed by atoms with Gasteiger partial charge >= 0.3 is 12.1 Å². The van der Waals surface area contributed by atoms with E-state index in [-0.39, 0.29) is 11.9 Å². The first-order chi connectivity index (χ1) is 7.64. The molecule has 17 heavy (non-hydrogen) atoms. The molecule has 0 aliphatic heterocycles. The number of rotatable bonds is 3. The van der Waals surface area contributed by atoms with Crippen molar-refractivity contribution < 1.29 is 26.7 Å². The van der Waals surface area contributed by atoms with Crippen LogP contribution in [0.25, 0.3) is 0 Å². The summed E-state index contributed by atoms with van der Waals surface area (Å²) in [6.45, 7) is 3.29. The average Bonchev–Trinajstić information content (AvgIpc) is 2.15. The Morgan fingerprint density at radius 2 is 1.65 bits per heavy atom. The Labute approximate surface area is 95.2 Å². The lowest BCUT2D eigenvalue weighted by molar-refractivity contribution is -0.289. The van der Waals surface area contributed by atoms with E-state index in [0.717, 1.165) is 12.1 Å². The Kier molecular flexibility index (Phi) is 3.64. The van der Waals surface area contributed by atoms with Crippen LogP contribution < -0.4 is 4.74 Å². The fourth-order valence-electron chi connectivity index (χ4n) is 1.20. The van der Waals surface area contributed by atoms with E-state index < -0.39 is 17.7 Å². The Balaban J connectivity index is 3.07. The average molecular weight is 254 g/mol. The molecule has 96 valence electrons. The Hall–Kier alpha value is -1.33. The number of hydrogen-bond donors (Lipinski definition) is 0. The lowest BCUT2D eigenvalue weighted by Gasteiger charge is -2.20. The molecule has 0 aromatic heterocycles. The molecule has 0 unspecified atom stereocenters. The van der Waals surface area contributed by atoms with Gasteiger partial charge < -0.3 is 4.74 Å². The molecule has 1 aromatic rings. The molecular weight excluding hydrogens is 243 g/mol. The van der Waals surface area contributed by atoms with Crippen LogP contribution in [-0.4, -0.2) is 12.3 Å². The maximum Gasteiger partial charge on any atom is 0.458 e. The highest BCUT2D eigenvalue weighted by molar-refractivity contribution is 5.32. The van der Waals surface area contributed by atoms with Gasteiger partial charge in [0.1, 0.15) is 5.75 Å². The van der Waals surface area contributed by atoms with Crippen LogP contribution in [0.3, 0.4) is 0 Å². The molecule has 0 radical (unpaired) electrons. The molecule has 1 nitrogen and oxygen atoms in total. The Morgan fingerprint density at radius 1 is 1.06 bits per heavy atom. The third-order valence-corrected chi connectivity index (χ3v) is 1.92. The van der Waals surface area contributed by atoms with Gasteiger partial charge in [-0.1, -0.05) is 12.1 Å². The summed E-state index contributed by atoms with van der Waals surface area (Å²) in [5, 5.41) is 0. The summed E-state index contributed by atoms with van der Waals surface area (Å²) >= 11 is 0. The predicted molar refractivity (Wildman–Crippen MR) is 52.2 cm³/mol. The van der Waals surface area contributed by atoms with Crippen molar-refractivity contribution in [3.05, 3.63) is 29.8 Å². The van der Waals surface area contributed by atoms with Gasteiger partial charge in [0, 0.05) is 5.56 Å². The quantitative estimate of drug-likeness (QED) is 0.737. The van der Waals surface area contributed by atoms with E-state index in [9.17, 15) is 22.0 Å². The molecule has 6 heteroatoms. The molecular formula is C11H11F5O. The van der Waals surface area contributed by atoms with Gasteiger partial charge in [0.05, 0.1) is 6.10 Å². The molecule has 0 aliphatic rings. The monoisotopic (exact) mass is 254 g/mol. The van der Waals surface area contributed by atoms with E-state index in [1.165, 1.54) is 6.07 Å². The van der Waals surface area contributed by atoms with Gasteiger partial charge in [0.25, 0.3) is 0 Å². The molecule has 0 bridgehead atoms. The summed E-state index contributed by atoms with van der Waals surface area (Å²) in [7, 11) is 0. The summed E-state index contributed by atoms with van der Waals surface area (Å²) in [6.07, 6.45) is -5.91. The zero-order valence-electron chi connectivity index (χ0n) is 9.18. The summed E-state index contributed by atoms with van der Waals surface area (Å²) in [6, 6.07) is 3.86. The largest absolute Gasteiger partial charge is 0.491 e. The van der Waals surface area contributed by atoms with Gasteiger partial charge in [0.2, 0.25) is 0 Å². The molecule has 0 saturated carbocycles. The van der Waals surface area contributed by atoms with Gasteiger partial charge in [0.15, 0.2) is 0 Å². The highest BCUT2D eigenvalue weighted by atomic mass is 19.4. The van der Waals surface area contributed by atoms with Crippen LogP contribution in [0.15, 0.2) is 24.3 Å². The first-order valence-electron chi connectivity index (χ1n) is 4.86. The van der Waals surface area contributed by atoms with Crippen LogP contribution in [0.2, 0.25) is 0 Å². The molecule has 0 heterocycles.